The number of benzene rings is 2. The Bertz CT molecular complexity index is 551. The van der Waals surface area contributed by atoms with E-state index in [1.807, 2.05) is 0 Å². The largest absolute Gasteiger partial charge is 0.418 e. The van der Waals surface area contributed by atoms with Crippen LogP contribution in [0.4, 0.5) is 13.2 Å². The zero-order valence-corrected chi connectivity index (χ0v) is 9.26. The first kappa shape index (κ1) is 12.2. The highest BCUT2D eigenvalue weighted by Gasteiger charge is 2.41. The van der Waals surface area contributed by atoms with Gasteiger partial charge in [0, 0.05) is 10.6 Å². The van der Waals surface area contributed by atoms with E-state index in [0.717, 1.165) is 0 Å². The number of fused-ring (bicyclic) bond motifs is 1. The Labute approximate surface area is 100 Å². The fraction of sp³-hybridized carbons (Fsp3) is 0.167. The van der Waals surface area contributed by atoms with Crippen molar-refractivity contribution in [3.63, 3.8) is 0 Å². The fourth-order valence-electron chi connectivity index (χ4n) is 1.71. The lowest BCUT2D eigenvalue weighted by molar-refractivity contribution is -0.206. The zero-order valence-electron chi connectivity index (χ0n) is 8.50. The van der Waals surface area contributed by atoms with E-state index >= 15 is 0 Å². The van der Waals surface area contributed by atoms with Crippen LogP contribution in [0.3, 0.4) is 0 Å². The molecule has 0 aliphatic rings. The molecule has 0 heterocycles. The van der Waals surface area contributed by atoms with Crippen LogP contribution in [-0.4, -0.2) is 11.3 Å². The van der Waals surface area contributed by atoms with E-state index in [1.165, 1.54) is 12.1 Å². The van der Waals surface area contributed by atoms with Gasteiger partial charge in [-0.2, -0.15) is 13.2 Å². The molecule has 2 aromatic rings. The molecule has 0 fully saturated rings. The maximum atomic E-state index is 12.5. The van der Waals surface area contributed by atoms with Gasteiger partial charge in [0.1, 0.15) is 0 Å². The first-order valence-electron chi connectivity index (χ1n) is 4.83. The number of hydrogen-bond acceptors (Lipinski definition) is 1. The molecular formula is C12H8ClF3O. The maximum absolute atomic E-state index is 12.5. The summed E-state index contributed by atoms with van der Waals surface area (Å²) in [5.74, 6) is 0. The summed E-state index contributed by atoms with van der Waals surface area (Å²) in [6, 6.07) is 9.45. The number of aliphatic hydroxyl groups excluding tert-OH is 1. The van der Waals surface area contributed by atoms with Crippen LogP contribution in [0.25, 0.3) is 10.8 Å². The minimum absolute atomic E-state index is 0.0893. The van der Waals surface area contributed by atoms with Crippen molar-refractivity contribution in [2.24, 2.45) is 0 Å². The summed E-state index contributed by atoms with van der Waals surface area (Å²) < 4.78 is 37.6. The number of halogens is 4. The van der Waals surface area contributed by atoms with Gasteiger partial charge in [-0.3, -0.25) is 0 Å². The average Bonchev–Trinajstić information content (AvgIpc) is 2.27. The third-order valence-corrected chi connectivity index (χ3v) is 2.83. The molecule has 0 aromatic heterocycles. The average molecular weight is 261 g/mol. The van der Waals surface area contributed by atoms with E-state index in [9.17, 15) is 18.3 Å². The molecule has 1 nitrogen and oxygen atoms in total. The molecule has 2 aromatic carbocycles. The van der Waals surface area contributed by atoms with Gasteiger partial charge in [0.25, 0.3) is 0 Å². The second kappa shape index (κ2) is 4.20. The van der Waals surface area contributed by atoms with Crippen LogP contribution in [0.15, 0.2) is 36.4 Å². The summed E-state index contributed by atoms with van der Waals surface area (Å²) in [6.45, 7) is 0. The predicted octanol–water partition coefficient (Wildman–Crippen LogP) is 4.09. The minimum atomic E-state index is -4.73. The second-order valence-electron chi connectivity index (χ2n) is 3.63. The van der Waals surface area contributed by atoms with E-state index in [4.69, 9.17) is 11.6 Å². The molecule has 90 valence electrons. The summed E-state index contributed by atoms with van der Waals surface area (Å²) >= 11 is 5.74. The molecule has 1 unspecified atom stereocenters. The fourth-order valence-corrected chi connectivity index (χ4v) is 1.98. The van der Waals surface area contributed by atoms with Crippen LogP contribution in [0.2, 0.25) is 5.02 Å². The van der Waals surface area contributed by atoms with Crippen LogP contribution in [0.5, 0.6) is 0 Å². The molecule has 1 N–H and O–H groups in total. The molecule has 2 rings (SSSR count). The quantitative estimate of drug-likeness (QED) is 0.819. The summed E-state index contributed by atoms with van der Waals surface area (Å²) in [6.07, 6.45) is -7.30. The second-order valence-corrected chi connectivity index (χ2v) is 4.03. The van der Waals surface area contributed by atoms with Gasteiger partial charge in [0.15, 0.2) is 6.10 Å². The van der Waals surface area contributed by atoms with Gasteiger partial charge in [-0.05, 0) is 16.8 Å². The van der Waals surface area contributed by atoms with Crippen LogP contribution < -0.4 is 0 Å². The molecule has 5 heteroatoms. The highest BCUT2D eigenvalue weighted by atomic mass is 35.5. The third kappa shape index (κ3) is 2.23. The monoisotopic (exact) mass is 260 g/mol. The Morgan fingerprint density at radius 2 is 1.71 bits per heavy atom. The van der Waals surface area contributed by atoms with Gasteiger partial charge in [-0.1, -0.05) is 41.9 Å². The first-order valence-corrected chi connectivity index (χ1v) is 5.21. The highest BCUT2D eigenvalue weighted by molar-refractivity contribution is 6.32. The number of aliphatic hydroxyl groups is 1. The predicted molar refractivity (Wildman–Crippen MR) is 60.0 cm³/mol. The van der Waals surface area contributed by atoms with Crippen molar-refractivity contribution in [3.8, 4) is 0 Å². The molecule has 0 saturated carbocycles. The summed E-state index contributed by atoms with van der Waals surface area (Å²) in [5.41, 5.74) is -0.294. The van der Waals surface area contributed by atoms with Crippen LogP contribution in [-0.2, 0) is 0 Å². The van der Waals surface area contributed by atoms with Gasteiger partial charge in [0.2, 0.25) is 0 Å². The van der Waals surface area contributed by atoms with Gasteiger partial charge in [-0.25, -0.2) is 0 Å². The molecule has 1 atom stereocenters. The Morgan fingerprint density at radius 3 is 2.35 bits per heavy atom. The summed E-state index contributed by atoms with van der Waals surface area (Å²) in [7, 11) is 0. The van der Waals surface area contributed by atoms with E-state index in [0.29, 0.717) is 10.8 Å². The minimum Gasteiger partial charge on any atom is -0.379 e. The van der Waals surface area contributed by atoms with Gasteiger partial charge >= 0.3 is 6.18 Å². The smallest absolute Gasteiger partial charge is 0.379 e. The zero-order chi connectivity index (χ0) is 12.6. The van der Waals surface area contributed by atoms with Crippen molar-refractivity contribution in [3.05, 3.63) is 47.0 Å². The van der Waals surface area contributed by atoms with Gasteiger partial charge in [0.05, 0.1) is 0 Å². The molecule has 0 amide bonds. The Morgan fingerprint density at radius 1 is 1.06 bits per heavy atom. The molecule has 0 aliphatic carbocycles. The molecule has 0 bridgehead atoms. The van der Waals surface area contributed by atoms with Gasteiger partial charge in [-0.15, -0.1) is 0 Å². The first-order chi connectivity index (χ1) is 7.91. The topological polar surface area (TPSA) is 20.2 Å². The maximum Gasteiger partial charge on any atom is 0.418 e. The van der Waals surface area contributed by atoms with Crippen molar-refractivity contribution in [1.29, 1.82) is 0 Å². The molecule has 0 radical (unpaired) electrons. The lowest BCUT2D eigenvalue weighted by Gasteiger charge is -2.18. The molecule has 0 saturated heterocycles. The van der Waals surface area contributed by atoms with Crippen molar-refractivity contribution < 1.29 is 18.3 Å². The summed E-state index contributed by atoms with van der Waals surface area (Å²) in [4.78, 5) is 0. The lowest BCUT2D eigenvalue weighted by atomic mass is 10.00. The molecule has 0 spiro atoms. The Hall–Kier alpha value is -1.26. The molecule has 17 heavy (non-hydrogen) atoms. The Kier molecular flexibility index (Phi) is 3.02. The lowest BCUT2D eigenvalue weighted by Crippen LogP contribution is -2.20. The normalized spacial score (nSPS) is 13.9. The summed E-state index contributed by atoms with van der Waals surface area (Å²) in [5, 5.41) is 10.2. The van der Waals surface area contributed by atoms with Crippen LogP contribution in [0, 0.1) is 0 Å². The number of alkyl halides is 3. The molecular weight excluding hydrogens is 253 g/mol. The number of hydrogen-bond donors (Lipinski definition) is 1. The van der Waals surface area contributed by atoms with E-state index in [1.54, 1.807) is 24.3 Å². The van der Waals surface area contributed by atoms with Crippen molar-refractivity contribution in [2.75, 3.05) is 0 Å². The Balaban J connectivity index is 2.71. The van der Waals surface area contributed by atoms with E-state index in [2.05, 4.69) is 0 Å². The third-order valence-electron chi connectivity index (χ3n) is 2.50. The molecule has 0 aliphatic heterocycles. The van der Waals surface area contributed by atoms with Gasteiger partial charge < -0.3 is 5.11 Å². The standard InChI is InChI=1S/C12H8ClF3O/c13-9-6-5-7-3-1-2-4-8(7)10(9)11(17)12(14,15)16/h1-6,11,17H. The SMILES string of the molecule is OC(c1c(Cl)ccc2ccccc12)C(F)(F)F. The number of rotatable bonds is 1. The van der Waals surface area contributed by atoms with Crippen LogP contribution in [0.1, 0.15) is 11.7 Å². The highest BCUT2D eigenvalue weighted by Crippen LogP contribution is 2.39. The van der Waals surface area contributed by atoms with Crippen molar-refractivity contribution >= 4 is 22.4 Å². The van der Waals surface area contributed by atoms with E-state index < -0.39 is 12.3 Å². The van der Waals surface area contributed by atoms with Crippen LogP contribution >= 0.6 is 11.6 Å². The van der Waals surface area contributed by atoms with Crippen molar-refractivity contribution in [1.82, 2.24) is 0 Å². The van der Waals surface area contributed by atoms with E-state index in [-0.39, 0.29) is 10.6 Å². The van der Waals surface area contributed by atoms with Crippen molar-refractivity contribution in [2.45, 2.75) is 12.3 Å².